The van der Waals surface area contributed by atoms with Crippen LogP contribution in [0.2, 0.25) is 0 Å². The zero-order chi connectivity index (χ0) is 24.5. The van der Waals surface area contributed by atoms with E-state index in [0.29, 0.717) is 29.3 Å². The van der Waals surface area contributed by atoms with Crippen molar-refractivity contribution in [3.05, 3.63) is 90.0 Å². The van der Waals surface area contributed by atoms with Gasteiger partial charge >= 0.3 is 5.97 Å². The Morgan fingerprint density at radius 2 is 1.60 bits per heavy atom. The molecule has 2 amide bonds. The van der Waals surface area contributed by atoms with E-state index >= 15 is 0 Å². The van der Waals surface area contributed by atoms with Gasteiger partial charge in [-0.2, -0.15) is 0 Å². The number of anilines is 2. The Bertz CT molecular complexity index is 1260. The summed E-state index contributed by atoms with van der Waals surface area (Å²) in [6.07, 6.45) is -0.998. The van der Waals surface area contributed by atoms with E-state index in [0.717, 1.165) is 5.56 Å². The minimum atomic E-state index is -0.998. The molecule has 8 nitrogen and oxygen atoms in total. The van der Waals surface area contributed by atoms with Gasteiger partial charge in [-0.05, 0) is 48.9 Å². The zero-order valence-corrected chi connectivity index (χ0v) is 19.3. The van der Waals surface area contributed by atoms with E-state index in [1.165, 1.54) is 12.0 Å². The van der Waals surface area contributed by atoms with Gasteiger partial charge in [-0.3, -0.25) is 14.4 Å². The minimum absolute atomic E-state index is 0.368. The van der Waals surface area contributed by atoms with Gasteiger partial charge in [0.05, 0.1) is 36.7 Å². The molecule has 8 heteroatoms. The van der Waals surface area contributed by atoms with Gasteiger partial charge in [0, 0.05) is 0 Å². The van der Waals surface area contributed by atoms with E-state index in [1.807, 2.05) is 37.3 Å². The molecule has 0 saturated carbocycles. The summed E-state index contributed by atoms with van der Waals surface area (Å²) >= 11 is 0. The fourth-order valence-corrected chi connectivity index (χ4v) is 4.64. The standard InChI is InChI=1S/C27H24N2O6/c1-3-34-21-12-8-7-11-20(21)28-25(30)22-23(17-13-15-18(16-14-17)27(32)33-2)29(35-24(22)26(28)31)19-9-5-4-6-10-19/h4-16,22-24H,3H2,1-2H3. The Balaban J connectivity index is 1.56. The second-order valence-electron chi connectivity index (χ2n) is 8.18. The van der Waals surface area contributed by atoms with Gasteiger partial charge in [0.2, 0.25) is 5.91 Å². The molecule has 3 atom stereocenters. The lowest BCUT2D eigenvalue weighted by molar-refractivity contribution is -0.126. The number of fused-ring (bicyclic) bond motifs is 1. The van der Waals surface area contributed by atoms with Crippen LogP contribution in [0, 0.1) is 5.92 Å². The predicted octanol–water partition coefficient (Wildman–Crippen LogP) is 3.92. The van der Waals surface area contributed by atoms with Gasteiger partial charge in [0.1, 0.15) is 11.7 Å². The summed E-state index contributed by atoms with van der Waals surface area (Å²) < 4.78 is 10.5. The lowest BCUT2D eigenvalue weighted by Crippen LogP contribution is -2.37. The van der Waals surface area contributed by atoms with Crippen molar-refractivity contribution in [1.82, 2.24) is 0 Å². The van der Waals surface area contributed by atoms with E-state index < -0.39 is 29.9 Å². The van der Waals surface area contributed by atoms with Crippen molar-refractivity contribution in [1.29, 1.82) is 0 Å². The van der Waals surface area contributed by atoms with Crippen LogP contribution in [0.1, 0.15) is 28.9 Å². The molecule has 3 aromatic carbocycles. The molecule has 2 aliphatic rings. The average Bonchev–Trinajstić information content (AvgIpc) is 3.40. The van der Waals surface area contributed by atoms with Gasteiger partial charge in [0.25, 0.3) is 5.91 Å². The maximum Gasteiger partial charge on any atom is 0.337 e. The molecule has 0 N–H and O–H groups in total. The van der Waals surface area contributed by atoms with Crippen LogP contribution < -0.4 is 14.7 Å². The highest BCUT2D eigenvalue weighted by Gasteiger charge is 2.60. The molecular formula is C27H24N2O6. The van der Waals surface area contributed by atoms with Crippen molar-refractivity contribution in [3.63, 3.8) is 0 Å². The van der Waals surface area contributed by atoms with E-state index in [1.54, 1.807) is 53.6 Å². The van der Waals surface area contributed by atoms with Gasteiger partial charge in [-0.25, -0.2) is 14.8 Å². The SMILES string of the molecule is CCOc1ccccc1N1C(=O)C2ON(c3ccccc3)C(c3ccc(C(=O)OC)cc3)C2C1=O. The number of hydrogen-bond donors (Lipinski definition) is 0. The Morgan fingerprint density at radius 1 is 0.914 bits per heavy atom. The first-order chi connectivity index (χ1) is 17.0. The molecule has 2 fully saturated rings. The molecule has 0 radical (unpaired) electrons. The molecule has 2 saturated heterocycles. The molecule has 3 aromatic rings. The van der Waals surface area contributed by atoms with Crippen molar-refractivity contribution in [3.8, 4) is 5.75 Å². The van der Waals surface area contributed by atoms with Gasteiger partial charge in [-0.15, -0.1) is 0 Å². The third-order valence-electron chi connectivity index (χ3n) is 6.21. The van der Waals surface area contributed by atoms with E-state index in [2.05, 4.69) is 0 Å². The molecule has 2 heterocycles. The number of nitrogens with zero attached hydrogens (tertiary/aromatic N) is 2. The van der Waals surface area contributed by atoms with Gasteiger partial charge in [-0.1, -0.05) is 42.5 Å². The second-order valence-corrected chi connectivity index (χ2v) is 8.18. The largest absolute Gasteiger partial charge is 0.492 e. The van der Waals surface area contributed by atoms with Crippen molar-refractivity contribution in [2.75, 3.05) is 23.7 Å². The van der Waals surface area contributed by atoms with Crippen LogP contribution in [0.3, 0.4) is 0 Å². The number of imide groups is 1. The molecule has 3 unspecified atom stereocenters. The molecule has 178 valence electrons. The molecule has 0 aromatic heterocycles. The van der Waals surface area contributed by atoms with Crippen LogP contribution in [-0.4, -0.2) is 37.6 Å². The number of methoxy groups -OCH3 is 1. The number of carbonyl (C=O) groups is 3. The number of carbonyl (C=O) groups excluding carboxylic acids is 3. The van der Waals surface area contributed by atoms with Crippen LogP contribution in [-0.2, 0) is 19.2 Å². The van der Waals surface area contributed by atoms with Gasteiger partial charge in [0.15, 0.2) is 6.10 Å². The summed E-state index contributed by atoms with van der Waals surface area (Å²) in [7, 11) is 1.32. The predicted molar refractivity (Wildman–Crippen MR) is 128 cm³/mol. The Hall–Kier alpha value is -4.17. The Morgan fingerprint density at radius 3 is 2.29 bits per heavy atom. The average molecular weight is 472 g/mol. The number of ether oxygens (including phenoxy) is 2. The van der Waals surface area contributed by atoms with E-state index in [9.17, 15) is 14.4 Å². The van der Waals surface area contributed by atoms with E-state index in [-0.39, 0.29) is 5.91 Å². The third-order valence-corrected chi connectivity index (χ3v) is 6.21. The highest BCUT2D eigenvalue weighted by molar-refractivity contribution is 6.24. The Labute approximate surface area is 202 Å². The Kier molecular flexibility index (Phi) is 5.96. The third kappa shape index (κ3) is 3.81. The van der Waals surface area contributed by atoms with Gasteiger partial charge < -0.3 is 9.47 Å². The van der Waals surface area contributed by atoms with Crippen molar-refractivity contribution in [2.24, 2.45) is 5.92 Å². The molecular weight excluding hydrogens is 448 g/mol. The molecule has 0 bridgehead atoms. The maximum absolute atomic E-state index is 13.8. The molecule has 5 rings (SSSR count). The first-order valence-electron chi connectivity index (χ1n) is 11.3. The smallest absolute Gasteiger partial charge is 0.337 e. The van der Waals surface area contributed by atoms with E-state index in [4.69, 9.17) is 14.3 Å². The number of amides is 2. The van der Waals surface area contributed by atoms with Crippen LogP contribution in [0.15, 0.2) is 78.9 Å². The lowest BCUT2D eigenvalue weighted by Gasteiger charge is -2.29. The normalized spacial score (nSPS) is 21.3. The van der Waals surface area contributed by atoms with Crippen LogP contribution >= 0.6 is 0 Å². The highest BCUT2D eigenvalue weighted by atomic mass is 16.7. The lowest BCUT2D eigenvalue weighted by atomic mass is 9.90. The number of rotatable bonds is 6. The summed E-state index contributed by atoms with van der Waals surface area (Å²) in [4.78, 5) is 46.6. The summed E-state index contributed by atoms with van der Waals surface area (Å²) in [5, 5.41) is 1.62. The highest BCUT2D eigenvalue weighted by Crippen LogP contribution is 2.48. The number of para-hydroxylation sites is 3. The second kappa shape index (κ2) is 9.23. The summed E-state index contributed by atoms with van der Waals surface area (Å²) in [6.45, 7) is 2.24. The topological polar surface area (TPSA) is 85.4 Å². The van der Waals surface area contributed by atoms with Crippen molar-refractivity contribution < 1.29 is 28.7 Å². The quantitative estimate of drug-likeness (QED) is 0.397. The number of hydroxylamine groups is 1. The van der Waals surface area contributed by atoms with Crippen LogP contribution in [0.5, 0.6) is 5.75 Å². The summed E-state index contributed by atoms with van der Waals surface area (Å²) in [6, 6.07) is 22.5. The van der Waals surface area contributed by atoms with Crippen molar-refractivity contribution >= 4 is 29.2 Å². The molecule has 0 spiro atoms. The summed E-state index contributed by atoms with van der Waals surface area (Å²) in [5.74, 6) is -1.60. The first-order valence-corrected chi connectivity index (χ1v) is 11.3. The van der Waals surface area contributed by atoms with Crippen molar-refractivity contribution in [2.45, 2.75) is 19.1 Å². The summed E-state index contributed by atoms with van der Waals surface area (Å²) in [5.41, 5.74) is 2.23. The fraction of sp³-hybridized carbons (Fsp3) is 0.222. The number of benzene rings is 3. The molecule has 0 aliphatic carbocycles. The zero-order valence-electron chi connectivity index (χ0n) is 19.3. The molecule has 2 aliphatic heterocycles. The molecule has 35 heavy (non-hydrogen) atoms. The monoisotopic (exact) mass is 472 g/mol. The number of hydrogen-bond acceptors (Lipinski definition) is 7. The number of esters is 1. The first kappa shape index (κ1) is 22.6. The van der Waals surface area contributed by atoms with Crippen LogP contribution in [0.4, 0.5) is 11.4 Å². The maximum atomic E-state index is 13.8. The fourth-order valence-electron chi connectivity index (χ4n) is 4.64. The minimum Gasteiger partial charge on any atom is -0.492 e. The van der Waals surface area contributed by atoms with Crippen LogP contribution in [0.25, 0.3) is 0 Å².